The van der Waals surface area contributed by atoms with Crippen LogP contribution in [0, 0.1) is 0 Å². The molecule has 1 fully saturated rings. The minimum absolute atomic E-state index is 0.748. The number of hydrogen-bond acceptors (Lipinski definition) is 5. The quantitative estimate of drug-likeness (QED) is 0.728. The van der Waals surface area contributed by atoms with Gasteiger partial charge < -0.3 is 14.4 Å². The first-order valence-electron chi connectivity index (χ1n) is 7.35. The number of aromatic nitrogens is 1. The highest BCUT2D eigenvalue weighted by Crippen LogP contribution is 2.29. The molecule has 1 saturated heterocycles. The minimum atomic E-state index is 0.748. The molecule has 0 spiro atoms. The summed E-state index contributed by atoms with van der Waals surface area (Å²) >= 11 is 3.52. The molecule has 0 bridgehead atoms. The Hall–Kier alpha value is -0.850. The molecular weight excluding hydrogens is 334 g/mol. The van der Waals surface area contributed by atoms with Crippen molar-refractivity contribution in [1.29, 1.82) is 0 Å². The molecule has 1 aromatic rings. The summed E-state index contributed by atoms with van der Waals surface area (Å²) in [6, 6.07) is 1.84. The Morgan fingerprint density at radius 3 is 2.62 bits per heavy atom. The molecule has 0 saturated carbocycles. The van der Waals surface area contributed by atoms with Crippen LogP contribution in [0.4, 0.5) is 0 Å². The lowest BCUT2D eigenvalue weighted by molar-refractivity contribution is 0.251. The highest BCUT2D eigenvalue weighted by molar-refractivity contribution is 9.09. The number of rotatable bonds is 6. The number of alkyl halides is 1. The van der Waals surface area contributed by atoms with Crippen LogP contribution < -0.4 is 9.47 Å². The lowest BCUT2D eigenvalue weighted by Gasteiger charge is -2.22. The van der Waals surface area contributed by atoms with Crippen LogP contribution in [0.25, 0.3) is 0 Å². The van der Waals surface area contributed by atoms with Crippen LogP contribution in [0.5, 0.6) is 11.5 Å². The molecular formula is C15H24BrN3O2. The van der Waals surface area contributed by atoms with Crippen molar-refractivity contribution in [3.8, 4) is 11.5 Å². The molecule has 1 aliphatic rings. The zero-order valence-corrected chi connectivity index (χ0v) is 14.4. The Kier molecular flexibility index (Phi) is 6.73. The summed E-state index contributed by atoms with van der Waals surface area (Å²) in [5, 5.41) is 1.04. The predicted octanol–water partition coefficient (Wildman–Crippen LogP) is 2.00. The van der Waals surface area contributed by atoms with Crippen LogP contribution in [0.15, 0.2) is 12.3 Å². The molecule has 21 heavy (non-hydrogen) atoms. The van der Waals surface area contributed by atoms with Crippen LogP contribution in [0.1, 0.15) is 12.1 Å². The predicted molar refractivity (Wildman–Crippen MR) is 87.5 cm³/mol. The van der Waals surface area contributed by atoms with Crippen molar-refractivity contribution in [2.75, 3.05) is 52.3 Å². The zero-order chi connectivity index (χ0) is 15.1. The lowest BCUT2D eigenvalue weighted by Crippen LogP contribution is -2.31. The molecule has 2 heterocycles. The van der Waals surface area contributed by atoms with Gasteiger partial charge in [-0.25, -0.2) is 0 Å². The first kappa shape index (κ1) is 16.5. The summed E-state index contributed by atoms with van der Waals surface area (Å²) in [7, 11) is 3.33. The van der Waals surface area contributed by atoms with E-state index in [-0.39, 0.29) is 0 Å². The van der Waals surface area contributed by atoms with E-state index in [2.05, 4.69) is 30.7 Å². The molecule has 2 rings (SSSR count). The van der Waals surface area contributed by atoms with E-state index in [1.54, 1.807) is 20.4 Å². The maximum atomic E-state index is 5.47. The van der Waals surface area contributed by atoms with E-state index < -0.39 is 0 Å². The van der Waals surface area contributed by atoms with Crippen molar-refractivity contribution >= 4 is 15.9 Å². The van der Waals surface area contributed by atoms with Gasteiger partial charge in [0.25, 0.3) is 0 Å². The van der Waals surface area contributed by atoms with Gasteiger partial charge in [-0.2, -0.15) is 0 Å². The van der Waals surface area contributed by atoms with E-state index in [0.717, 1.165) is 55.2 Å². The van der Waals surface area contributed by atoms with Gasteiger partial charge in [-0.05, 0) is 19.5 Å². The van der Waals surface area contributed by atoms with Gasteiger partial charge in [0, 0.05) is 43.8 Å². The lowest BCUT2D eigenvalue weighted by atomic mass is 10.2. The fraction of sp³-hybridized carbons (Fsp3) is 0.667. The van der Waals surface area contributed by atoms with Gasteiger partial charge in [-0.1, -0.05) is 15.9 Å². The second-order valence-electron chi connectivity index (χ2n) is 5.15. The van der Waals surface area contributed by atoms with Gasteiger partial charge in [0.15, 0.2) is 11.5 Å². The third-order valence-corrected chi connectivity index (χ3v) is 4.18. The average molecular weight is 358 g/mol. The topological polar surface area (TPSA) is 37.8 Å². The van der Waals surface area contributed by atoms with Crippen LogP contribution in [0.2, 0.25) is 0 Å². The molecule has 0 unspecified atom stereocenters. The second-order valence-corrected chi connectivity index (χ2v) is 5.95. The van der Waals surface area contributed by atoms with E-state index >= 15 is 0 Å². The average Bonchev–Trinajstić information content (AvgIpc) is 2.73. The molecule has 0 N–H and O–H groups in total. The Morgan fingerprint density at radius 1 is 1.14 bits per heavy atom. The minimum Gasteiger partial charge on any atom is -0.493 e. The highest BCUT2D eigenvalue weighted by atomic mass is 79.9. The standard InChI is InChI=1S/C15H24BrN3O2/c1-20-14-4-6-17-13(15(14)21-2)12-19-8-3-7-18(9-5-16)10-11-19/h4,6H,3,5,7-12H2,1-2H3. The maximum Gasteiger partial charge on any atom is 0.183 e. The molecule has 0 atom stereocenters. The molecule has 5 nitrogen and oxygen atoms in total. The monoisotopic (exact) mass is 357 g/mol. The van der Waals surface area contributed by atoms with Crippen molar-refractivity contribution in [2.45, 2.75) is 13.0 Å². The molecule has 0 aliphatic carbocycles. The summed E-state index contributed by atoms with van der Waals surface area (Å²) in [4.78, 5) is 9.42. The SMILES string of the molecule is COc1ccnc(CN2CCCN(CCBr)CC2)c1OC. The Morgan fingerprint density at radius 2 is 1.90 bits per heavy atom. The van der Waals surface area contributed by atoms with Crippen LogP contribution >= 0.6 is 15.9 Å². The Labute approximate surface area is 135 Å². The number of ether oxygens (including phenoxy) is 2. The van der Waals surface area contributed by atoms with Gasteiger partial charge in [0.1, 0.15) is 5.69 Å². The normalized spacial score (nSPS) is 17.5. The molecule has 0 radical (unpaired) electrons. The number of hydrogen-bond donors (Lipinski definition) is 0. The van der Waals surface area contributed by atoms with Crippen molar-refractivity contribution in [3.63, 3.8) is 0 Å². The number of nitrogens with zero attached hydrogens (tertiary/aromatic N) is 3. The van der Waals surface area contributed by atoms with Gasteiger partial charge in [-0.15, -0.1) is 0 Å². The molecule has 0 aromatic carbocycles. The summed E-state index contributed by atoms with van der Waals surface area (Å²) in [6.45, 7) is 6.37. The summed E-state index contributed by atoms with van der Waals surface area (Å²) in [6.07, 6.45) is 2.98. The van der Waals surface area contributed by atoms with Crippen LogP contribution in [-0.2, 0) is 6.54 Å². The van der Waals surface area contributed by atoms with Crippen molar-refractivity contribution in [3.05, 3.63) is 18.0 Å². The zero-order valence-electron chi connectivity index (χ0n) is 12.8. The smallest absolute Gasteiger partial charge is 0.183 e. The van der Waals surface area contributed by atoms with Gasteiger partial charge in [0.2, 0.25) is 0 Å². The van der Waals surface area contributed by atoms with Crippen LogP contribution in [-0.4, -0.2) is 67.1 Å². The van der Waals surface area contributed by atoms with Gasteiger partial charge >= 0.3 is 0 Å². The van der Waals surface area contributed by atoms with Gasteiger partial charge in [-0.3, -0.25) is 9.88 Å². The molecule has 0 amide bonds. The van der Waals surface area contributed by atoms with Gasteiger partial charge in [0.05, 0.1) is 14.2 Å². The fourth-order valence-corrected chi connectivity index (χ4v) is 3.20. The second kappa shape index (κ2) is 8.56. The van der Waals surface area contributed by atoms with Crippen molar-refractivity contribution < 1.29 is 9.47 Å². The molecule has 1 aliphatic heterocycles. The largest absolute Gasteiger partial charge is 0.493 e. The number of pyridine rings is 1. The number of methoxy groups -OCH3 is 2. The van der Waals surface area contributed by atoms with Crippen molar-refractivity contribution in [2.24, 2.45) is 0 Å². The van der Waals surface area contributed by atoms with E-state index in [9.17, 15) is 0 Å². The Balaban J connectivity index is 2.01. The number of halogens is 1. The third-order valence-electron chi connectivity index (χ3n) is 3.82. The summed E-state index contributed by atoms with van der Waals surface area (Å²) < 4.78 is 10.8. The van der Waals surface area contributed by atoms with E-state index in [4.69, 9.17) is 9.47 Å². The first-order chi connectivity index (χ1) is 10.3. The highest BCUT2D eigenvalue weighted by Gasteiger charge is 2.18. The van der Waals surface area contributed by atoms with Crippen molar-refractivity contribution in [1.82, 2.24) is 14.8 Å². The third kappa shape index (κ3) is 4.56. The molecule has 118 valence electrons. The molecule has 6 heteroatoms. The van der Waals surface area contributed by atoms with Crippen LogP contribution in [0.3, 0.4) is 0 Å². The Bertz CT molecular complexity index is 445. The first-order valence-corrected chi connectivity index (χ1v) is 8.47. The van der Waals surface area contributed by atoms with E-state index in [1.165, 1.54) is 13.0 Å². The van der Waals surface area contributed by atoms with E-state index in [1.807, 2.05) is 6.07 Å². The molecule has 1 aromatic heterocycles. The van der Waals surface area contributed by atoms with E-state index in [0.29, 0.717) is 0 Å². The summed E-state index contributed by atoms with van der Waals surface area (Å²) in [5.74, 6) is 1.50. The summed E-state index contributed by atoms with van der Waals surface area (Å²) in [5.41, 5.74) is 0.950. The fourth-order valence-electron chi connectivity index (χ4n) is 2.70. The maximum absolute atomic E-state index is 5.47.